The van der Waals surface area contributed by atoms with Crippen LogP contribution in [0.1, 0.15) is 51.3 Å². The molecule has 232 valence electrons. The van der Waals surface area contributed by atoms with Gasteiger partial charge in [0.25, 0.3) is 11.6 Å². The van der Waals surface area contributed by atoms with E-state index in [0.717, 1.165) is 6.54 Å². The van der Waals surface area contributed by atoms with Crippen LogP contribution in [0.2, 0.25) is 0 Å². The first kappa shape index (κ1) is 31.7. The topological polar surface area (TPSA) is 189 Å². The first-order chi connectivity index (χ1) is 21.2. The van der Waals surface area contributed by atoms with Crippen LogP contribution in [0.4, 0.5) is 14.9 Å². The Kier molecular flexibility index (Phi) is 10.7. The minimum atomic E-state index is -0.972. The number of non-ortho nitro benzene ring substituents is 1. The molecule has 1 unspecified atom stereocenters. The van der Waals surface area contributed by atoms with E-state index in [4.69, 9.17) is 15.2 Å². The van der Waals surface area contributed by atoms with Crippen molar-refractivity contribution in [3.63, 3.8) is 0 Å². The van der Waals surface area contributed by atoms with Gasteiger partial charge in [-0.05, 0) is 50.9 Å². The number of hydrogen-bond acceptors (Lipinski definition) is 10. The molecule has 2 atom stereocenters. The van der Waals surface area contributed by atoms with Gasteiger partial charge in [0.15, 0.2) is 5.82 Å². The number of nitrogens with one attached hydrogen (secondary N) is 2. The second-order valence-electron chi connectivity index (χ2n) is 9.90. The van der Waals surface area contributed by atoms with Gasteiger partial charge in [0.05, 0.1) is 29.1 Å². The van der Waals surface area contributed by atoms with E-state index in [1.807, 2.05) is 13.8 Å². The summed E-state index contributed by atoms with van der Waals surface area (Å²) in [4.78, 5) is 47.3. The Bertz CT molecular complexity index is 1610. The number of rotatable bonds is 15. The van der Waals surface area contributed by atoms with Gasteiger partial charge in [-0.1, -0.05) is 13.3 Å². The molecule has 0 aliphatic heterocycles. The van der Waals surface area contributed by atoms with Gasteiger partial charge >= 0.3 is 6.09 Å². The molecule has 0 spiro atoms. The summed E-state index contributed by atoms with van der Waals surface area (Å²) in [7, 11) is 0. The summed E-state index contributed by atoms with van der Waals surface area (Å²) >= 11 is 0. The third-order valence-corrected chi connectivity index (χ3v) is 6.72. The van der Waals surface area contributed by atoms with Crippen molar-refractivity contribution in [1.29, 1.82) is 0 Å². The molecular weight excluding hydrogens is 575 g/mol. The molecule has 0 fully saturated rings. The molecule has 0 bridgehead atoms. The van der Waals surface area contributed by atoms with E-state index in [1.165, 1.54) is 30.5 Å². The lowest BCUT2D eigenvalue weighted by molar-refractivity contribution is -0.384. The minimum Gasteiger partial charge on any atom is -0.475 e. The Morgan fingerprint density at radius 1 is 1.18 bits per heavy atom. The molecule has 2 amide bonds. The average molecular weight is 609 g/mol. The van der Waals surface area contributed by atoms with Crippen LogP contribution >= 0.6 is 0 Å². The maximum Gasteiger partial charge on any atom is 0.413 e. The summed E-state index contributed by atoms with van der Waals surface area (Å²) in [5.74, 6) is -0.913. The summed E-state index contributed by atoms with van der Waals surface area (Å²) in [5, 5.41) is 16.4. The maximum atomic E-state index is 14.8. The Labute approximate surface area is 252 Å². The molecule has 0 aliphatic rings. The van der Waals surface area contributed by atoms with Crippen LogP contribution in [-0.4, -0.2) is 55.5 Å². The van der Waals surface area contributed by atoms with Gasteiger partial charge in [0, 0.05) is 42.3 Å². The Balaban J connectivity index is 1.30. The van der Waals surface area contributed by atoms with Crippen molar-refractivity contribution in [2.75, 3.05) is 13.2 Å². The van der Waals surface area contributed by atoms with Crippen LogP contribution in [0.3, 0.4) is 0 Å². The molecule has 3 heterocycles. The van der Waals surface area contributed by atoms with E-state index in [1.54, 1.807) is 29.1 Å². The number of unbranched alkanes of at least 4 members (excludes halogenated alkanes) is 2. The van der Waals surface area contributed by atoms with Crippen LogP contribution in [0, 0.1) is 15.9 Å². The fourth-order valence-corrected chi connectivity index (χ4v) is 4.42. The number of nitro groups is 1. The molecule has 0 saturated heterocycles. The van der Waals surface area contributed by atoms with Crippen LogP contribution in [0.15, 0.2) is 55.1 Å². The number of fused-ring (bicyclic) bond motifs is 1. The van der Waals surface area contributed by atoms with Crippen molar-refractivity contribution in [3.8, 4) is 22.9 Å². The van der Waals surface area contributed by atoms with Gasteiger partial charge < -0.3 is 30.2 Å². The van der Waals surface area contributed by atoms with Crippen LogP contribution < -0.4 is 25.8 Å². The molecular formula is C29H33FN8O6. The predicted octanol–water partition coefficient (Wildman–Crippen LogP) is 4.09. The summed E-state index contributed by atoms with van der Waals surface area (Å²) in [5.41, 5.74) is 7.11. The molecule has 3 aromatic heterocycles. The van der Waals surface area contributed by atoms with Crippen molar-refractivity contribution >= 4 is 23.3 Å². The molecule has 4 rings (SSSR count). The zero-order chi connectivity index (χ0) is 31.6. The van der Waals surface area contributed by atoms with E-state index in [0.29, 0.717) is 36.3 Å². The zero-order valence-corrected chi connectivity index (χ0v) is 24.2. The lowest BCUT2D eigenvalue weighted by Gasteiger charge is -2.15. The number of aromatic nitrogens is 4. The van der Waals surface area contributed by atoms with E-state index >= 15 is 0 Å². The number of nitrogens with two attached hydrogens (primary N) is 1. The number of benzene rings is 1. The third-order valence-electron chi connectivity index (χ3n) is 6.72. The van der Waals surface area contributed by atoms with Crippen molar-refractivity contribution in [1.82, 2.24) is 30.0 Å². The Morgan fingerprint density at radius 2 is 1.95 bits per heavy atom. The van der Waals surface area contributed by atoms with Gasteiger partial charge in [0.1, 0.15) is 11.8 Å². The number of carbonyl (C=O) groups is 2. The van der Waals surface area contributed by atoms with Gasteiger partial charge in [-0.2, -0.15) is 0 Å². The highest BCUT2D eigenvalue weighted by Crippen LogP contribution is 2.27. The fourth-order valence-electron chi connectivity index (χ4n) is 4.42. The monoisotopic (exact) mass is 608 g/mol. The highest BCUT2D eigenvalue weighted by Gasteiger charge is 2.20. The number of primary amides is 1. The molecule has 0 radical (unpaired) electrons. The SMILES string of the molecule is CCN[C@H](C)c1cc(-c2cn3ccnc3c(OCCCCCC(NC(=O)Oc3ccc([N+](=O)[O-])cc3)C(N)=O)n2)c(F)cn1. The number of amides is 2. The highest BCUT2D eigenvalue weighted by molar-refractivity contribution is 5.84. The highest BCUT2D eigenvalue weighted by atomic mass is 19.1. The number of hydrogen-bond donors (Lipinski definition) is 3. The van der Waals surface area contributed by atoms with Gasteiger partial charge in [-0.25, -0.2) is 19.2 Å². The molecule has 14 nitrogen and oxygen atoms in total. The van der Waals surface area contributed by atoms with E-state index in [2.05, 4.69) is 25.6 Å². The lowest BCUT2D eigenvalue weighted by atomic mass is 10.1. The number of nitrogens with zero attached hydrogens (tertiary/aromatic N) is 5. The molecule has 44 heavy (non-hydrogen) atoms. The van der Waals surface area contributed by atoms with Crippen molar-refractivity contribution in [3.05, 3.63) is 76.7 Å². The molecule has 0 aliphatic carbocycles. The van der Waals surface area contributed by atoms with Crippen LogP contribution in [-0.2, 0) is 4.79 Å². The Hall–Kier alpha value is -5.18. The van der Waals surface area contributed by atoms with Crippen LogP contribution in [0.5, 0.6) is 11.6 Å². The average Bonchev–Trinajstić information content (AvgIpc) is 3.47. The number of imidazole rings is 1. The van der Waals surface area contributed by atoms with Gasteiger partial charge in [-0.15, -0.1) is 0 Å². The maximum absolute atomic E-state index is 14.8. The second-order valence-corrected chi connectivity index (χ2v) is 9.90. The smallest absolute Gasteiger partial charge is 0.413 e. The summed E-state index contributed by atoms with van der Waals surface area (Å²) in [6.07, 6.45) is 7.30. The van der Waals surface area contributed by atoms with E-state index < -0.39 is 28.8 Å². The van der Waals surface area contributed by atoms with Crippen molar-refractivity contribution in [2.45, 2.75) is 51.6 Å². The minimum absolute atomic E-state index is 0.0721. The number of ether oxygens (including phenoxy) is 2. The number of nitro benzene ring substituents is 1. The molecule has 15 heteroatoms. The largest absolute Gasteiger partial charge is 0.475 e. The molecule has 4 aromatic rings. The molecule has 0 saturated carbocycles. The van der Waals surface area contributed by atoms with Crippen LogP contribution in [0.25, 0.3) is 16.9 Å². The van der Waals surface area contributed by atoms with E-state index in [9.17, 15) is 24.1 Å². The summed E-state index contributed by atoms with van der Waals surface area (Å²) in [6.45, 7) is 4.94. The third kappa shape index (κ3) is 8.22. The van der Waals surface area contributed by atoms with Gasteiger partial charge in [0.2, 0.25) is 11.6 Å². The summed E-state index contributed by atoms with van der Waals surface area (Å²) < 4.78 is 27.6. The lowest BCUT2D eigenvalue weighted by Crippen LogP contribution is -2.45. The quantitative estimate of drug-likeness (QED) is 0.101. The predicted molar refractivity (Wildman–Crippen MR) is 157 cm³/mol. The van der Waals surface area contributed by atoms with Crippen molar-refractivity contribution < 1.29 is 28.4 Å². The second kappa shape index (κ2) is 14.8. The van der Waals surface area contributed by atoms with E-state index in [-0.39, 0.29) is 41.9 Å². The molecule has 4 N–H and O–H groups in total. The summed E-state index contributed by atoms with van der Waals surface area (Å²) in [6, 6.07) is 5.56. The Morgan fingerprint density at radius 3 is 2.66 bits per heavy atom. The molecule has 1 aromatic carbocycles. The fraction of sp³-hybridized carbons (Fsp3) is 0.345. The normalized spacial score (nSPS) is 12.4. The number of carbonyl (C=O) groups excluding carboxylic acids is 2. The number of halogens is 1. The first-order valence-electron chi connectivity index (χ1n) is 14.0. The first-order valence-corrected chi connectivity index (χ1v) is 14.0. The van der Waals surface area contributed by atoms with Crippen molar-refractivity contribution in [2.24, 2.45) is 5.73 Å². The number of pyridine rings is 1. The van der Waals surface area contributed by atoms with Gasteiger partial charge in [-0.3, -0.25) is 19.9 Å². The zero-order valence-electron chi connectivity index (χ0n) is 24.2. The standard InChI is InChI=1S/C29H33FN8O6/c1-3-32-18(2)24-15-21(22(30)16-34-24)25-17-37-13-12-33-27(37)28(35-25)43-14-6-4-5-7-23(26(31)39)36-29(40)44-20-10-8-19(9-11-20)38(41)42/h8-13,15-18,23,32H,3-7,14H2,1-2H3,(H2,31,39)(H,36,40)/t18-,23?/m1/s1.